The van der Waals surface area contributed by atoms with E-state index in [-0.39, 0.29) is 6.10 Å². The highest BCUT2D eigenvalue weighted by Crippen LogP contribution is 2.13. The average Bonchev–Trinajstić information content (AvgIpc) is 2.16. The highest BCUT2D eigenvalue weighted by atomic mass is 16.5. The fourth-order valence-corrected chi connectivity index (χ4v) is 1.22. The molecule has 0 aliphatic rings. The van der Waals surface area contributed by atoms with Crippen LogP contribution in [-0.2, 0) is 6.42 Å². The zero-order chi connectivity index (χ0) is 10.4. The third kappa shape index (κ3) is 3.62. The summed E-state index contributed by atoms with van der Waals surface area (Å²) in [4.78, 5) is 0. The molecule has 2 heteroatoms. The van der Waals surface area contributed by atoms with Crippen molar-refractivity contribution in [2.24, 2.45) is 0 Å². The first-order valence-electron chi connectivity index (χ1n) is 4.73. The van der Waals surface area contributed by atoms with Crippen LogP contribution in [0.4, 0.5) is 0 Å². The van der Waals surface area contributed by atoms with Gasteiger partial charge in [0, 0.05) is 0 Å². The molecule has 1 aromatic carbocycles. The summed E-state index contributed by atoms with van der Waals surface area (Å²) in [6.07, 6.45) is 2.10. The first kappa shape index (κ1) is 10.8. The van der Waals surface area contributed by atoms with Crippen LogP contribution in [0.25, 0.3) is 0 Å². The van der Waals surface area contributed by atoms with Crippen molar-refractivity contribution in [1.29, 1.82) is 0 Å². The number of benzene rings is 1. The zero-order valence-electron chi connectivity index (χ0n) is 8.44. The molecule has 0 spiro atoms. The smallest absolute Gasteiger partial charge is 0.119 e. The van der Waals surface area contributed by atoms with Crippen molar-refractivity contribution in [3.63, 3.8) is 0 Å². The topological polar surface area (TPSA) is 29.5 Å². The van der Waals surface area contributed by atoms with E-state index in [0.29, 0.717) is 13.0 Å². The van der Waals surface area contributed by atoms with Crippen LogP contribution < -0.4 is 4.74 Å². The molecule has 0 bridgehead atoms. The Morgan fingerprint density at radius 3 is 2.57 bits per heavy atom. The second-order valence-corrected chi connectivity index (χ2v) is 3.30. The molecule has 0 saturated carbocycles. The molecule has 0 aromatic heterocycles. The van der Waals surface area contributed by atoms with Gasteiger partial charge in [-0.05, 0) is 31.0 Å². The maximum absolute atomic E-state index is 9.17. The number of aliphatic hydroxyl groups is 1. The Bertz CT molecular complexity index is 275. The van der Waals surface area contributed by atoms with Gasteiger partial charge in [0.05, 0.1) is 6.10 Å². The number of aliphatic hydroxyl groups excluding tert-OH is 1. The molecule has 0 heterocycles. The molecule has 0 fully saturated rings. The SMILES string of the molecule is C=CCOc1ccc(CC(C)O)cc1. The van der Waals surface area contributed by atoms with Crippen LogP contribution in [-0.4, -0.2) is 17.8 Å². The third-order valence-electron chi connectivity index (χ3n) is 1.82. The summed E-state index contributed by atoms with van der Waals surface area (Å²) in [5.74, 6) is 0.833. The fraction of sp³-hybridized carbons (Fsp3) is 0.333. The van der Waals surface area contributed by atoms with Crippen molar-refractivity contribution < 1.29 is 9.84 Å². The van der Waals surface area contributed by atoms with Crippen molar-refractivity contribution in [3.8, 4) is 5.75 Å². The van der Waals surface area contributed by atoms with E-state index in [1.54, 1.807) is 13.0 Å². The van der Waals surface area contributed by atoms with Crippen LogP contribution >= 0.6 is 0 Å². The fourth-order valence-electron chi connectivity index (χ4n) is 1.22. The Labute approximate surface area is 84.8 Å². The number of hydrogen-bond donors (Lipinski definition) is 1. The minimum absolute atomic E-state index is 0.296. The molecule has 1 unspecified atom stereocenters. The van der Waals surface area contributed by atoms with E-state index in [2.05, 4.69) is 6.58 Å². The maximum Gasteiger partial charge on any atom is 0.119 e. The molecule has 1 atom stereocenters. The zero-order valence-corrected chi connectivity index (χ0v) is 8.44. The normalized spacial score (nSPS) is 12.1. The van der Waals surface area contributed by atoms with Gasteiger partial charge in [0.25, 0.3) is 0 Å². The van der Waals surface area contributed by atoms with Crippen molar-refractivity contribution in [2.45, 2.75) is 19.4 Å². The van der Waals surface area contributed by atoms with Gasteiger partial charge in [-0.1, -0.05) is 24.8 Å². The Morgan fingerprint density at radius 2 is 2.07 bits per heavy atom. The second-order valence-electron chi connectivity index (χ2n) is 3.30. The van der Waals surface area contributed by atoms with Crippen LogP contribution in [0.3, 0.4) is 0 Å². The molecule has 1 aromatic rings. The Hall–Kier alpha value is -1.28. The first-order chi connectivity index (χ1) is 6.72. The van der Waals surface area contributed by atoms with E-state index < -0.39 is 0 Å². The van der Waals surface area contributed by atoms with Crippen molar-refractivity contribution >= 4 is 0 Å². The van der Waals surface area contributed by atoms with Crippen LogP contribution in [0, 0.1) is 0 Å². The molecular weight excluding hydrogens is 176 g/mol. The second kappa shape index (κ2) is 5.45. The largest absolute Gasteiger partial charge is 0.490 e. The number of hydrogen-bond acceptors (Lipinski definition) is 2. The maximum atomic E-state index is 9.17. The number of ether oxygens (including phenoxy) is 1. The van der Waals surface area contributed by atoms with E-state index in [9.17, 15) is 5.11 Å². The predicted molar refractivity (Wildman–Crippen MR) is 57.5 cm³/mol. The highest BCUT2D eigenvalue weighted by Gasteiger charge is 1.98. The minimum atomic E-state index is -0.296. The van der Waals surface area contributed by atoms with Crippen molar-refractivity contribution in [1.82, 2.24) is 0 Å². The highest BCUT2D eigenvalue weighted by molar-refractivity contribution is 5.27. The van der Waals surface area contributed by atoms with E-state index in [1.807, 2.05) is 24.3 Å². The Kier molecular flexibility index (Phi) is 4.20. The molecule has 0 saturated heterocycles. The molecule has 0 aliphatic carbocycles. The van der Waals surface area contributed by atoms with Gasteiger partial charge in [0.15, 0.2) is 0 Å². The van der Waals surface area contributed by atoms with Gasteiger partial charge >= 0.3 is 0 Å². The lowest BCUT2D eigenvalue weighted by Gasteiger charge is -2.06. The molecule has 2 nitrogen and oxygen atoms in total. The van der Waals surface area contributed by atoms with Gasteiger partial charge < -0.3 is 9.84 Å². The summed E-state index contributed by atoms with van der Waals surface area (Å²) in [6.45, 7) is 5.88. The van der Waals surface area contributed by atoms with E-state index in [1.165, 1.54) is 0 Å². The summed E-state index contributed by atoms with van der Waals surface area (Å²) < 4.78 is 5.33. The van der Waals surface area contributed by atoms with Gasteiger partial charge in [-0.3, -0.25) is 0 Å². The molecule has 0 radical (unpaired) electrons. The summed E-state index contributed by atoms with van der Waals surface area (Å²) in [5.41, 5.74) is 1.12. The lowest BCUT2D eigenvalue weighted by molar-refractivity contribution is 0.195. The van der Waals surface area contributed by atoms with Crippen LogP contribution in [0.15, 0.2) is 36.9 Å². The minimum Gasteiger partial charge on any atom is -0.490 e. The van der Waals surface area contributed by atoms with E-state index >= 15 is 0 Å². The molecule has 76 valence electrons. The molecule has 0 aliphatic heterocycles. The van der Waals surface area contributed by atoms with Gasteiger partial charge in [-0.15, -0.1) is 0 Å². The van der Waals surface area contributed by atoms with Crippen LogP contribution in [0.1, 0.15) is 12.5 Å². The van der Waals surface area contributed by atoms with Crippen LogP contribution in [0.5, 0.6) is 5.75 Å². The van der Waals surface area contributed by atoms with Gasteiger partial charge in [0.1, 0.15) is 12.4 Å². The summed E-state index contributed by atoms with van der Waals surface area (Å²) in [7, 11) is 0. The molecular formula is C12H16O2. The average molecular weight is 192 g/mol. The predicted octanol–water partition coefficient (Wildman–Crippen LogP) is 2.17. The number of rotatable bonds is 5. The third-order valence-corrected chi connectivity index (χ3v) is 1.82. The Morgan fingerprint density at radius 1 is 1.43 bits per heavy atom. The van der Waals surface area contributed by atoms with Crippen LogP contribution in [0.2, 0.25) is 0 Å². The van der Waals surface area contributed by atoms with Gasteiger partial charge in [-0.25, -0.2) is 0 Å². The molecule has 1 N–H and O–H groups in total. The summed E-state index contributed by atoms with van der Waals surface area (Å²) >= 11 is 0. The van der Waals surface area contributed by atoms with Gasteiger partial charge in [0.2, 0.25) is 0 Å². The summed E-state index contributed by atoms with van der Waals surface area (Å²) in [6, 6.07) is 7.73. The molecule has 0 amide bonds. The van der Waals surface area contributed by atoms with Gasteiger partial charge in [-0.2, -0.15) is 0 Å². The molecule has 1 rings (SSSR count). The Balaban J connectivity index is 2.54. The molecule has 14 heavy (non-hydrogen) atoms. The summed E-state index contributed by atoms with van der Waals surface area (Å²) in [5, 5.41) is 9.17. The first-order valence-corrected chi connectivity index (χ1v) is 4.73. The standard InChI is InChI=1S/C12H16O2/c1-3-8-14-12-6-4-11(5-7-12)9-10(2)13/h3-7,10,13H,1,8-9H2,2H3. The van der Waals surface area contributed by atoms with Crippen molar-refractivity contribution in [3.05, 3.63) is 42.5 Å². The van der Waals surface area contributed by atoms with E-state index in [4.69, 9.17) is 4.74 Å². The quantitative estimate of drug-likeness (QED) is 0.724. The lowest BCUT2D eigenvalue weighted by Crippen LogP contribution is -2.03. The van der Waals surface area contributed by atoms with E-state index in [0.717, 1.165) is 11.3 Å². The lowest BCUT2D eigenvalue weighted by atomic mass is 10.1. The van der Waals surface area contributed by atoms with Crippen molar-refractivity contribution in [2.75, 3.05) is 6.61 Å². The monoisotopic (exact) mass is 192 g/mol.